The molecule has 1 unspecified atom stereocenters. The number of aliphatic imine (C=N–C) groups is 1. The maximum atomic E-state index is 12.4. The van der Waals surface area contributed by atoms with Gasteiger partial charge in [0.25, 0.3) is 0 Å². The Bertz CT molecular complexity index is 540. The molecule has 1 aromatic rings. The van der Waals surface area contributed by atoms with Gasteiger partial charge in [-0.25, -0.2) is 0 Å². The van der Waals surface area contributed by atoms with Gasteiger partial charge in [0.1, 0.15) is 5.75 Å². The summed E-state index contributed by atoms with van der Waals surface area (Å²) < 4.78 is 29.6. The number of guanidine groups is 1. The lowest BCUT2D eigenvalue weighted by Crippen LogP contribution is -2.43. The molecule has 1 aliphatic rings. The monoisotopic (exact) mass is 471 g/mol. The van der Waals surface area contributed by atoms with E-state index in [4.69, 9.17) is 0 Å². The van der Waals surface area contributed by atoms with Crippen LogP contribution in [-0.4, -0.2) is 36.7 Å². The van der Waals surface area contributed by atoms with Crippen molar-refractivity contribution >= 4 is 41.7 Å². The highest BCUT2D eigenvalue weighted by molar-refractivity contribution is 14.0. The maximum absolute atomic E-state index is 12.4. The largest absolute Gasteiger partial charge is 0.434 e. The number of alkyl halides is 2. The van der Waals surface area contributed by atoms with E-state index in [1.54, 1.807) is 25.2 Å². The molecular weight excluding hydrogens is 447 g/mol. The number of hydrogen-bond acceptors (Lipinski definition) is 3. The van der Waals surface area contributed by atoms with Gasteiger partial charge < -0.3 is 15.4 Å². The highest BCUT2D eigenvalue weighted by atomic mass is 127. The van der Waals surface area contributed by atoms with Crippen LogP contribution >= 0.6 is 35.7 Å². The van der Waals surface area contributed by atoms with Crippen molar-refractivity contribution in [2.75, 3.05) is 19.3 Å². The van der Waals surface area contributed by atoms with Crippen molar-refractivity contribution in [2.24, 2.45) is 4.99 Å². The Morgan fingerprint density at radius 3 is 2.75 bits per heavy atom. The highest BCUT2D eigenvalue weighted by Gasteiger charge is 2.29. The zero-order valence-electron chi connectivity index (χ0n) is 13.9. The Morgan fingerprint density at radius 1 is 1.38 bits per heavy atom. The van der Waals surface area contributed by atoms with Gasteiger partial charge in [0, 0.05) is 30.4 Å². The molecule has 1 saturated heterocycles. The van der Waals surface area contributed by atoms with Gasteiger partial charge in [-0.3, -0.25) is 4.99 Å². The average Bonchev–Trinajstić information content (AvgIpc) is 2.95. The van der Waals surface area contributed by atoms with E-state index in [9.17, 15) is 8.78 Å². The summed E-state index contributed by atoms with van der Waals surface area (Å²) in [6, 6.07) is 6.76. The second-order valence-corrected chi connectivity index (χ2v) is 7.35. The molecule has 136 valence electrons. The Balaban J connectivity index is 0.00000288. The average molecular weight is 471 g/mol. The van der Waals surface area contributed by atoms with E-state index in [1.165, 1.54) is 24.7 Å². The Hall–Kier alpha value is -0.770. The fraction of sp³-hybridized carbons (Fsp3) is 0.562. The van der Waals surface area contributed by atoms with Crippen molar-refractivity contribution in [1.82, 2.24) is 10.6 Å². The van der Waals surface area contributed by atoms with Crippen LogP contribution in [0.4, 0.5) is 8.78 Å². The topological polar surface area (TPSA) is 45.7 Å². The molecule has 1 aliphatic heterocycles. The smallest absolute Gasteiger partial charge is 0.387 e. The van der Waals surface area contributed by atoms with Crippen LogP contribution in [-0.2, 0) is 6.54 Å². The first-order valence-corrected chi connectivity index (χ1v) is 8.62. The zero-order chi connectivity index (χ0) is 16.7. The summed E-state index contributed by atoms with van der Waals surface area (Å²) in [5.74, 6) is 2.04. The van der Waals surface area contributed by atoms with Crippen LogP contribution < -0.4 is 15.4 Å². The van der Waals surface area contributed by atoms with Crippen LogP contribution in [0, 0.1) is 0 Å². The molecule has 1 fully saturated rings. The number of nitrogens with zero attached hydrogens (tertiary/aromatic N) is 1. The van der Waals surface area contributed by atoms with Gasteiger partial charge in [0.15, 0.2) is 5.96 Å². The van der Waals surface area contributed by atoms with Crippen molar-refractivity contribution < 1.29 is 13.5 Å². The number of ether oxygens (including phenoxy) is 1. The van der Waals surface area contributed by atoms with Crippen molar-refractivity contribution in [2.45, 2.75) is 37.7 Å². The second kappa shape index (κ2) is 10.3. The summed E-state index contributed by atoms with van der Waals surface area (Å²) in [4.78, 5) is 4.18. The summed E-state index contributed by atoms with van der Waals surface area (Å²) in [5.41, 5.74) is 0.664. The van der Waals surface area contributed by atoms with E-state index in [0.717, 1.165) is 6.54 Å². The number of benzene rings is 1. The Morgan fingerprint density at radius 2 is 2.12 bits per heavy atom. The molecule has 0 bridgehead atoms. The summed E-state index contributed by atoms with van der Waals surface area (Å²) in [6.07, 6.45) is 2.43. The number of thioether (sulfide) groups is 1. The molecule has 0 aliphatic carbocycles. The van der Waals surface area contributed by atoms with Crippen LogP contribution in [0.5, 0.6) is 5.75 Å². The van der Waals surface area contributed by atoms with Gasteiger partial charge in [-0.2, -0.15) is 20.5 Å². The normalized spacial score (nSPS) is 20.6. The lowest BCUT2D eigenvalue weighted by Gasteiger charge is -2.24. The van der Waals surface area contributed by atoms with Crippen LogP contribution in [0.3, 0.4) is 0 Å². The fourth-order valence-electron chi connectivity index (χ4n) is 2.51. The molecule has 1 aromatic carbocycles. The van der Waals surface area contributed by atoms with Gasteiger partial charge in [-0.15, -0.1) is 24.0 Å². The second-order valence-electron chi connectivity index (χ2n) is 5.67. The van der Waals surface area contributed by atoms with E-state index in [2.05, 4.69) is 27.3 Å². The third-order valence-corrected chi connectivity index (χ3v) is 5.33. The number of nitrogens with one attached hydrogen (secondary N) is 2. The Kier molecular flexibility index (Phi) is 9.11. The maximum Gasteiger partial charge on any atom is 0.387 e. The molecule has 0 aromatic heterocycles. The first-order valence-electron chi connectivity index (χ1n) is 7.63. The summed E-state index contributed by atoms with van der Waals surface area (Å²) in [5, 5.41) is 6.46. The van der Waals surface area contributed by atoms with E-state index < -0.39 is 6.61 Å². The van der Waals surface area contributed by atoms with Crippen LogP contribution in [0.25, 0.3) is 0 Å². The van der Waals surface area contributed by atoms with Gasteiger partial charge in [0.2, 0.25) is 0 Å². The minimum Gasteiger partial charge on any atom is -0.434 e. The third kappa shape index (κ3) is 6.62. The molecule has 1 atom stereocenters. The van der Waals surface area contributed by atoms with Crippen molar-refractivity contribution in [3.8, 4) is 5.75 Å². The quantitative estimate of drug-likeness (QED) is 0.376. The molecule has 24 heavy (non-hydrogen) atoms. The molecule has 0 amide bonds. The van der Waals surface area contributed by atoms with Gasteiger partial charge in [-0.05, 0) is 31.6 Å². The molecule has 0 radical (unpaired) electrons. The number of rotatable bonds is 6. The number of halogens is 3. The lowest BCUT2D eigenvalue weighted by atomic mass is 10.1. The molecule has 8 heteroatoms. The van der Waals surface area contributed by atoms with E-state index in [-0.39, 0.29) is 34.5 Å². The summed E-state index contributed by atoms with van der Waals surface area (Å²) >= 11 is 1.97. The summed E-state index contributed by atoms with van der Waals surface area (Å²) in [6.45, 7) is 0.614. The first-order chi connectivity index (χ1) is 11.0. The minimum absolute atomic E-state index is 0. The molecule has 0 saturated carbocycles. The SMILES string of the molecule is CN=C(NCc1ccccc1OC(F)F)NCC1(C)CCCS1.I. The van der Waals surface area contributed by atoms with E-state index in [1.807, 2.05) is 11.8 Å². The van der Waals surface area contributed by atoms with Crippen molar-refractivity contribution in [3.05, 3.63) is 29.8 Å². The highest BCUT2D eigenvalue weighted by Crippen LogP contribution is 2.36. The lowest BCUT2D eigenvalue weighted by molar-refractivity contribution is -0.0504. The number of hydrogen-bond donors (Lipinski definition) is 2. The van der Waals surface area contributed by atoms with Gasteiger partial charge in [-0.1, -0.05) is 18.2 Å². The fourth-order valence-corrected chi connectivity index (χ4v) is 3.75. The standard InChI is InChI=1S/C16H23F2N3OS.HI/c1-16(8-5-9-23-16)11-21-15(19-2)20-10-12-6-3-4-7-13(12)22-14(17)18;/h3-4,6-7,14H,5,8-11H2,1-2H3,(H2,19,20,21);1H. The molecule has 4 nitrogen and oxygen atoms in total. The molecule has 2 rings (SSSR count). The van der Waals surface area contributed by atoms with Crippen molar-refractivity contribution in [3.63, 3.8) is 0 Å². The van der Waals surface area contributed by atoms with Crippen LogP contribution in [0.1, 0.15) is 25.3 Å². The molecule has 0 spiro atoms. The zero-order valence-corrected chi connectivity index (χ0v) is 17.0. The predicted molar refractivity (Wildman–Crippen MR) is 107 cm³/mol. The van der Waals surface area contributed by atoms with Crippen molar-refractivity contribution in [1.29, 1.82) is 0 Å². The number of para-hydroxylation sites is 1. The summed E-state index contributed by atoms with van der Waals surface area (Å²) in [7, 11) is 1.70. The Labute approximate surface area is 163 Å². The molecule has 1 heterocycles. The van der Waals surface area contributed by atoms with E-state index >= 15 is 0 Å². The molecular formula is C16H24F2IN3OS. The van der Waals surface area contributed by atoms with Gasteiger partial charge in [0.05, 0.1) is 0 Å². The van der Waals surface area contributed by atoms with E-state index in [0.29, 0.717) is 18.1 Å². The molecule has 2 N–H and O–H groups in total. The minimum atomic E-state index is -2.83. The van der Waals surface area contributed by atoms with Crippen LogP contribution in [0.15, 0.2) is 29.3 Å². The van der Waals surface area contributed by atoms with Gasteiger partial charge >= 0.3 is 6.61 Å². The third-order valence-electron chi connectivity index (χ3n) is 3.79. The van der Waals surface area contributed by atoms with Crippen LogP contribution in [0.2, 0.25) is 0 Å². The predicted octanol–water partition coefficient (Wildman–Crippen LogP) is 3.86. The first kappa shape index (κ1) is 21.3.